The van der Waals surface area contributed by atoms with E-state index in [9.17, 15) is 24.6 Å². The summed E-state index contributed by atoms with van der Waals surface area (Å²) in [4.78, 5) is 36.6. The molecule has 6 nitrogen and oxygen atoms in total. The van der Waals surface area contributed by atoms with E-state index in [2.05, 4.69) is 11.8 Å². The Bertz CT molecular complexity index is 1250. The molecule has 0 N–H and O–H groups in total. The molecule has 0 aromatic heterocycles. The average Bonchev–Trinajstić information content (AvgIpc) is 2.79. The minimum absolute atomic E-state index is 0. The molecule has 1 amide bonds. The summed E-state index contributed by atoms with van der Waals surface area (Å²) < 4.78 is 0. The smallest absolute Gasteiger partial charge is 0.548 e. The third kappa shape index (κ3) is 8.80. The molecule has 0 radical (unpaired) electrons. The number of nitrogens with zero attached hydrogens (tertiary/aromatic N) is 1. The van der Waals surface area contributed by atoms with Gasteiger partial charge in [-0.25, -0.2) is 0 Å². The van der Waals surface area contributed by atoms with Gasteiger partial charge in [0, 0.05) is 11.5 Å². The first-order chi connectivity index (χ1) is 15.7. The SMILES string of the molecule is CC(C)c1ccc(CC(C(=O)[O-])N(CC(=O)[O-])C(=O)C#Cc2ccc3ccccc3c2)cc1.[Na+].[Na+]. The van der Waals surface area contributed by atoms with Crippen LogP contribution in [0.2, 0.25) is 0 Å². The number of carbonyl (C=O) groups is 3. The van der Waals surface area contributed by atoms with Gasteiger partial charge in [0.1, 0.15) is 0 Å². The summed E-state index contributed by atoms with van der Waals surface area (Å²) in [5.74, 6) is 1.29. The molecule has 0 bridgehead atoms. The molecular weight excluding hydrogens is 464 g/mol. The molecule has 0 aliphatic carbocycles. The van der Waals surface area contributed by atoms with E-state index in [1.165, 1.54) is 0 Å². The van der Waals surface area contributed by atoms with Gasteiger partial charge in [-0.15, -0.1) is 0 Å². The van der Waals surface area contributed by atoms with Gasteiger partial charge in [-0.2, -0.15) is 0 Å². The van der Waals surface area contributed by atoms with Gasteiger partial charge in [-0.1, -0.05) is 74.4 Å². The van der Waals surface area contributed by atoms with Gasteiger partial charge in [-0.05, 0) is 46.4 Å². The van der Waals surface area contributed by atoms with Gasteiger partial charge in [0.15, 0.2) is 0 Å². The van der Waals surface area contributed by atoms with E-state index < -0.39 is 30.4 Å². The Hall–Kier alpha value is -2.11. The van der Waals surface area contributed by atoms with Crippen molar-refractivity contribution in [1.29, 1.82) is 0 Å². The molecule has 3 aromatic rings. The van der Waals surface area contributed by atoms with Crippen molar-refractivity contribution >= 4 is 28.6 Å². The number of hydrogen-bond acceptors (Lipinski definition) is 5. The first kappa shape index (κ1) is 30.9. The van der Waals surface area contributed by atoms with Crippen LogP contribution in [0, 0.1) is 11.8 Å². The van der Waals surface area contributed by atoms with E-state index in [4.69, 9.17) is 0 Å². The minimum Gasteiger partial charge on any atom is -0.548 e. The van der Waals surface area contributed by atoms with Crippen LogP contribution in [0.3, 0.4) is 0 Å². The maximum Gasteiger partial charge on any atom is 1.00 e. The number of carbonyl (C=O) groups excluding carboxylic acids is 3. The zero-order valence-corrected chi connectivity index (χ0v) is 24.4. The van der Waals surface area contributed by atoms with Crippen molar-refractivity contribution in [2.75, 3.05) is 6.54 Å². The van der Waals surface area contributed by atoms with E-state index >= 15 is 0 Å². The number of hydrogen-bond donors (Lipinski definition) is 0. The summed E-state index contributed by atoms with van der Waals surface area (Å²) in [6.07, 6.45) is -0.114. The van der Waals surface area contributed by atoms with E-state index in [1.54, 1.807) is 24.3 Å². The summed E-state index contributed by atoms with van der Waals surface area (Å²) in [5, 5.41) is 25.1. The Morgan fingerprint density at radius 3 is 2.09 bits per heavy atom. The van der Waals surface area contributed by atoms with Crippen LogP contribution in [-0.4, -0.2) is 35.3 Å². The van der Waals surface area contributed by atoms with E-state index in [0.29, 0.717) is 21.9 Å². The zero-order chi connectivity index (χ0) is 24.0. The van der Waals surface area contributed by atoms with Crippen LogP contribution in [-0.2, 0) is 20.8 Å². The largest absolute Gasteiger partial charge is 1.00 e. The molecule has 3 aromatic carbocycles. The van der Waals surface area contributed by atoms with Crippen molar-refractivity contribution in [2.45, 2.75) is 32.2 Å². The molecule has 0 aliphatic heterocycles. The standard InChI is InChI=1S/C27H25NO5.2Na/c1-18(2)21-11-7-20(8-12-21)16-24(27(32)33)28(17-26(30)31)25(29)14-10-19-9-13-22-5-3-4-6-23(22)15-19;;/h3-9,11-13,15,18,24H,16-17H2,1-2H3,(H,30,31)(H,32,33);;/q;2*+1/p-2. The summed E-state index contributed by atoms with van der Waals surface area (Å²) >= 11 is 0. The second-order valence-corrected chi connectivity index (χ2v) is 8.05. The van der Waals surface area contributed by atoms with Gasteiger partial charge in [0.2, 0.25) is 0 Å². The maximum atomic E-state index is 12.8. The summed E-state index contributed by atoms with van der Waals surface area (Å²) in [7, 11) is 0. The fraction of sp³-hybridized carbons (Fsp3) is 0.222. The van der Waals surface area contributed by atoms with Crippen LogP contribution in [0.5, 0.6) is 0 Å². The van der Waals surface area contributed by atoms with Crippen LogP contribution in [0.15, 0.2) is 66.7 Å². The van der Waals surface area contributed by atoms with Crippen molar-refractivity contribution in [2.24, 2.45) is 0 Å². The van der Waals surface area contributed by atoms with Crippen LogP contribution >= 0.6 is 0 Å². The van der Waals surface area contributed by atoms with Gasteiger partial charge < -0.3 is 24.7 Å². The van der Waals surface area contributed by atoms with Crippen molar-refractivity contribution in [3.63, 3.8) is 0 Å². The number of amides is 1. The molecule has 0 spiro atoms. The van der Waals surface area contributed by atoms with Crippen molar-refractivity contribution in [3.05, 3.63) is 83.4 Å². The second-order valence-electron chi connectivity index (χ2n) is 8.05. The molecular formula is C27H23NNa2O5. The molecule has 0 saturated heterocycles. The van der Waals surface area contributed by atoms with Crippen molar-refractivity contribution in [1.82, 2.24) is 4.90 Å². The van der Waals surface area contributed by atoms with Gasteiger partial charge in [0.25, 0.3) is 5.91 Å². The third-order valence-corrected chi connectivity index (χ3v) is 5.35. The van der Waals surface area contributed by atoms with E-state index in [0.717, 1.165) is 16.3 Å². The predicted molar refractivity (Wildman–Crippen MR) is 121 cm³/mol. The van der Waals surface area contributed by atoms with E-state index in [-0.39, 0.29) is 65.5 Å². The predicted octanol–water partition coefficient (Wildman–Crippen LogP) is -4.74. The summed E-state index contributed by atoms with van der Waals surface area (Å²) in [5.41, 5.74) is 2.25. The Balaban J connectivity index is 0.00000306. The van der Waals surface area contributed by atoms with Crippen molar-refractivity contribution in [3.8, 4) is 11.8 Å². The second kappa shape index (κ2) is 14.4. The Labute approximate surface area is 249 Å². The molecule has 0 saturated carbocycles. The minimum atomic E-state index is -1.59. The molecule has 0 aliphatic rings. The van der Waals surface area contributed by atoms with Crippen LogP contribution in [0.1, 0.15) is 36.5 Å². The number of fused-ring (bicyclic) bond motifs is 1. The van der Waals surface area contributed by atoms with Gasteiger partial charge >= 0.3 is 59.1 Å². The average molecular weight is 487 g/mol. The Morgan fingerprint density at radius 2 is 1.51 bits per heavy atom. The topological polar surface area (TPSA) is 101 Å². The number of aliphatic carboxylic acids is 2. The molecule has 0 heterocycles. The fourth-order valence-electron chi connectivity index (χ4n) is 3.51. The molecule has 1 atom stereocenters. The molecule has 3 rings (SSSR count). The van der Waals surface area contributed by atoms with E-state index in [1.807, 2.05) is 56.3 Å². The van der Waals surface area contributed by atoms with Crippen LogP contribution < -0.4 is 69.3 Å². The Morgan fingerprint density at radius 1 is 0.886 bits per heavy atom. The van der Waals surface area contributed by atoms with Gasteiger partial charge in [0.05, 0.1) is 24.5 Å². The third-order valence-electron chi connectivity index (χ3n) is 5.35. The number of rotatable bonds is 7. The number of carboxylic acids is 2. The first-order valence-electron chi connectivity index (χ1n) is 10.6. The first-order valence-corrected chi connectivity index (χ1v) is 10.6. The van der Waals surface area contributed by atoms with Gasteiger partial charge in [-0.3, -0.25) is 4.79 Å². The summed E-state index contributed by atoms with van der Waals surface area (Å²) in [6.45, 7) is 3.16. The molecule has 8 heteroatoms. The fourth-order valence-corrected chi connectivity index (χ4v) is 3.51. The van der Waals surface area contributed by atoms with Crippen LogP contribution in [0.25, 0.3) is 10.8 Å². The Kier molecular flexibility index (Phi) is 12.8. The number of benzene rings is 3. The molecule has 1 unspecified atom stereocenters. The quantitative estimate of drug-likeness (QED) is 0.246. The molecule has 0 fully saturated rings. The summed E-state index contributed by atoms with van der Waals surface area (Å²) in [6, 6.07) is 18.8. The number of carboxylic acid groups (broad SMARTS) is 2. The molecule has 35 heavy (non-hydrogen) atoms. The van der Waals surface area contributed by atoms with Crippen LogP contribution in [0.4, 0.5) is 0 Å². The molecule has 168 valence electrons. The van der Waals surface area contributed by atoms with Crippen molar-refractivity contribution < 1.29 is 83.7 Å². The maximum absolute atomic E-state index is 12.8. The normalized spacial score (nSPS) is 10.8. The monoisotopic (exact) mass is 487 g/mol. The zero-order valence-electron chi connectivity index (χ0n) is 20.4.